The smallest absolute Gasteiger partial charge is 0.151 e. The van der Waals surface area contributed by atoms with Crippen molar-refractivity contribution < 1.29 is 19.5 Å². The van der Waals surface area contributed by atoms with E-state index in [1.54, 1.807) is 23.5 Å². The third-order valence-electron chi connectivity index (χ3n) is 5.94. The zero-order valence-electron chi connectivity index (χ0n) is 19.1. The molecular weight excluding hydrogens is 452 g/mol. The van der Waals surface area contributed by atoms with Gasteiger partial charge in [-0.25, -0.2) is 4.98 Å². The number of hydrogen-bond acceptors (Lipinski definition) is 9. The number of thiazole rings is 1. The monoisotopic (exact) mass is 480 g/mol. The Morgan fingerprint density at radius 2 is 1.82 bits per heavy atom. The van der Waals surface area contributed by atoms with Crippen LogP contribution in [0.4, 0.5) is 0 Å². The van der Waals surface area contributed by atoms with Crippen LogP contribution < -0.4 is 4.74 Å². The van der Waals surface area contributed by atoms with Crippen molar-refractivity contribution in [2.75, 3.05) is 39.3 Å². The summed E-state index contributed by atoms with van der Waals surface area (Å²) in [6.45, 7) is 7.07. The van der Waals surface area contributed by atoms with Crippen LogP contribution in [0.3, 0.4) is 0 Å². The molecule has 5 rings (SSSR count). The van der Waals surface area contributed by atoms with E-state index in [4.69, 9.17) is 9.26 Å². The van der Waals surface area contributed by atoms with Gasteiger partial charge in [-0.05, 0) is 43.3 Å². The summed E-state index contributed by atoms with van der Waals surface area (Å²) in [4.78, 5) is 9.08. The van der Waals surface area contributed by atoms with Crippen LogP contribution in [0.15, 0.2) is 53.1 Å². The summed E-state index contributed by atoms with van der Waals surface area (Å²) < 4.78 is 12.5. The molecule has 0 radical (unpaired) electrons. The molecule has 0 saturated carbocycles. The summed E-state index contributed by atoms with van der Waals surface area (Å²) in [5.41, 5.74) is 2.61. The van der Waals surface area contributed by atoms with Gasteiger partial charge in [-0.2, -0.15) is 0 Å². The number of β-amino-alcohol motifs (C(OH)–C–C–N with tert-alkyl or cyclic N) is 1. The number of aryl methyl sites for hydroxylation is 1. The van der Waals surface area contributed by atoms with Gasteiger partial charge in [0.05, 0.1) is 21.8 Å². The van der Waals surface area contributed by atoms with Crippen LogP contribution in [0.2, 0.25) is 0 Å². The summed E-state index contributed by atoms with van der Waals surface area (Å²) in [6, 6.07) is 14.8. The number of hydrogen-bond donors (Lipinski definition) is 2. The van der Waals surface area contributed by atoms with Crippen molar-refractivity contribution in [2.45, 2.75) is 19.6 Å². The molecule has 9 heteroatoms. The van der Waals surface area contributed by atoms with Crippen LogP contribution >= 0.6 is 11.3 Å². The lowest BCUT2D eigenvalue weighted by molar-refractivity contribution is 0.0430. The highest BCUT2D eigenvalue weighted by Gasteiger charge is 2.21. The maximum Gasteiger partial charge on any atom is 0.151 e. The molecule has 1 fully saturated rings. The minimum Gasteiger partial charge on any atom is -0.508 e. The molecule has 2 N–H and O–H groups in total. The molecule has 1 saturated heterocycles. The molecule has 34 heavy (non-hydrogen) atoms. The maximum absolute atomic E-state index is 10.5. The summed E-state index contributed by atoms with van der Waals surface area (Å²) in [7, 11) is 0. The number of nitrogens with zero attached hydrogens (tertiary/aromatic N) is 4. The molecule has 0 bridgehead atoms. The van der Waals surface area contributed by atoms with Crippen molar-refractivity contribution in [2.24, 2.45) is 0 Å². The molecule has 3 heterocycles. The van der Waals surface area contributed by atoms with Crippen molar-refractivity contribution in [3.05, 3.63) is 59.3 Å². The molecule has 0 spiro atoms. The van der Waals surface area contributed by atoms with Crippen molar-refractivity contribution in [1.82, 2.24) is 19.9 Å². The molecule has 1 atom stereocenters. The lowest BCUT2D eigenvalue weighted by Gasteiger charge is -2.35. The minimum atomic E-state index is -0.554. The predicted octanol–water partition coefficient (Wildman–Crippen LogP) is 3.52. The van der Waals surface area contributed by atoms with E-state index in [-0.39, 0.29) is 12.4 Å². The fourth-order valence-corrected chi connectivity index (χ4v) is 4.97. The Morgan fingerprint density at radius 3 is 2.62 bits per heavy atom. The number of piperazine rings is 1. The van der Waals surface area contributed by atoms with Gasteiger partial charge in [0.1, 0.15) is 29.9 Å². The zero-order chi connectivity index (χ0) is 23.5. The van der Waals surface area contributed by atoms with Crippen molar-refractivity contribution in [3.8, 4) is 22.8 Å². The average Bonchev–Trinajstić information content (AvgIpc) is 3.44. The van der Waals surface area contributed by atoms with E-state index in [2.05, 4.69) is 19.9 Å². The van der Waals surface area contributed by atoms with E-state index in [9.17, 15) is 10.2 Å². The van der Waals surface area contributed by atoms with E-state index in [1.165, 1.54) is 0 Å². The fraction of sp³-hybridized carbons (Fsp3) is 0.360. The highest BCUT2D eigenvalue weighted by molar-refractivity contribution is 7.18. The number of aromatic nitrogens is 2. The topological polar surface area (TPSA) is 95.1 Å². The Balaban J connectivity index is 1.05. The van der Waals surface area contributed by atoms with Crippen LogP contribution in [0.1, 0.15) is 10.8 Å². The summed E-state index contributed by atoms with van der Waals surface area (Å²) in [5, 5.41) is 25.1. The van der Waals surface area contributed by atoms with Gasteiger partial charge >= 0.3 is 0 Å². The van der Waals surface area contributed by atoms with Crippen LogP contribution in [0.5, 0.6) is 11.5 Å². The van der Waals surface area contributed by atoms with Gasteiger partial charge in [0.2, 0.25) is 0 Å². The van der Waals surface area contributed by atoms with E-state index < -0.39 is 6.10 Å². The molecule has 1 unspecified atom stereocenters. The molecule has 0 amide bonds. The standard InChI is InChI=1S/C25H28N4O4S/c1-17-26-24-12-21(6-7-25(24)34-17)32-16-20(31)14-28-8-10-29(11-9-28)15-22-13-23(27-33-22)18-2-4-19(30)5-3-18/h2-7,12-13,20,30-31H,8-11,14-16H2,1H3. The van der Waals surface area contributed by atoms with Gasteiger partial charge in [-0.1, -0.05) is 5.16 Å². The predicted molar refractivity (Wildman–Crippen MR) is 131 cm³/mol. The third kappa shape index (κ3) is 5.56. The summed E-state index contributed by atoms with van der Waals surface area (Å²) in [5.74, 6) is 1.78. The Morgan fingerprint density at radius 1 is 1.06 bits per heavy atom. The number of benzene rings is 2. The van der Waals surface area contributed by atoms with Crippen molar-refractivity contribution in [1.29, 1.82) is 0 Å². The Kier molecular flexibility index (Phi) is 6.77. The highest BCUT2D eigenvalue weighted by Crippen LogP contribution is 2.26. The lowest BCUT2D eigenvalue weighted by Crippen LogP contribution is -2.48. The number of aliphatic hydroxyl groups excluding tert-OH is 1. The maximum atomic E-state index is 10.5. The number of fused-ring (bicyclic) bond motifs is 1. The van der Waals surface area contributed by atoms with E-state index in [1.807, 2.05) is 43.3 Å². The Hall–Kier alpha value is -2.98. The molecule has 1 aliphatic heterocycles. The molecule has 0 aliphatic carbocycles. The van der Waals surface area contributed by atoms with E-state index in [0.29, 0.717) is 13.1 Å². The molecular formula is C25H28N4O4S. The number of rotatable bonds is 8. The number of aliphatic hydroxyl groups is 1. The first-order valence-corrected chi connectivity index (χ1v) is 12.2. The van der Waals surface area contributed by atoms with Crippen LogP contribution in [0, 0.1) is 6.92 Å². The second-order valence-corrected chi connectivity index (χ2v) is 9.86. The Labute approximate surface area is 202 Å². The summed E-state index contributed by atoms with van der Waals surface area (Å²) in [6.07, 6.45) is -0.554. The van der Waals surface area contributed by atoms with Crippen LogP contribution in [0.25, 0.3) is 21.5 Å². The number of aromatic hydroxyl groups is 1. The lowest BCUT2D eigenvalue weighted by atomic mass is 10.1. The fourth-order valence-electron chi connectivity index (χ4n) is 4.16. The van der Waals surface area contributed by atoms with Crippen LogP contribution in [-0.2, 0) is 6.54 Å². The first-order chi connectivity index (χ1) is 16.5. The second kappa shape index (κ2) is 10.1. The largest absolute Gasteiger partial charge is 0.508 e. The van der Waals surface area contributed by atoms with Gasteiger partial charge in [0.25, 0.3) is 0 Å². The molecule has 4 aromatic rings. The first kappa shape index (κ1) is 22.8. The van der Waals surface area contributed by atoms with Crippen LogP contribution in [-0.4, -0.2) is 75.6 Å². The van der Waals surface area contributed by atoms with Gasteiger partial charge in [0, 0.05) is 50.4 Å². The zero-order valence-corrected chi connectivity index (χ0v) is 19.9. The SMILES string of the molecule is Cc1nc2cc(OCC(O)CN3CCN(Cc4cc(-c5ccc(O)cc5)no4)CC3)ccc2s1. The number of ether oxygens (including phenoxy) is 1. The average molecular weight is 481 g/mol. The Bertz CT molecular complexity index is 1230. The number of phenols is 1. The van der Waals surface area contributed by atoms with Gasteiger partial charge in [-0.15, -0.1) is 11.3 Å². The van der Waals surface area contributed by atoms with E-state index in [0.717, 1.165) is 64.2 Å². The van der Waals surface area contributed by atoms with Crippen molar-refractivity contribution >= 4 is 21.6 Å². The first-order valence-electron chi connectivity index (χ1n) is 11.4. The summed E-state index contributed by atoms with van der Waals surface area (Å²) >= 11 is 1.67. The normalized spacial score (nSPS) is 16.2. The van der Waals surface area contributed by atoms with Gasteiger partial charge in [-0.3, -0.25) is 9.80 Å². The molecule has 2 aromatic carbocycles. The van der Waals surface area contributed by atoms with Gasteiger partial charge < -0.3 is 19.5 Å². The quantitative estimate of drug-likeness (QED) is 0.396. The highest BCUT2D eigenvalue weighted by atomic mass is 32.1. The second-order valence-electron chi connectivity index (χ2n) is 8.63. The molecule has 178 valence electrons. The third-order valence-corrected chi connectivity index (χ3v) is 6.90. The van der Waals surface area contributed by atoms with Crippen molar-refractivity contribution in [3.63, 3.8) is 0 Å². The number of phenolic OH excluding ortho intramolecular Hbond substituents is 1. The van der Waals surface area contributed by atoms with Gasteiger partial charge in [0.15, 0.2) is 5.76 Å². The molecule has 2 aromatic heterocycles. The molecule has 8 nitrogen and oxygen atoms in total. The minimum absolute atomic E-state index is 0.231. The molecule has 1 aliphatic rings. The van der Waals surface area contributed by atoms with E-state index >= 15 is 0 Å².